The summed E-state index contributed by atoms with van der Waals surface area (Å²) in [5.74, 6) is 2.26. The third-order valence-electron chi connectivity index (χ3n) is 9.20. The van der Waals surface area contributed by atoms with Crippen molar-refractivity contribution in [3.8, 4) is 5.75 Å². The molecule has 1 fully saturated rings. The number of ether oxygens (including phenoxy) is 1. The van der Waals surface area contributed by atoms with E-state index < -0.39 is 10.0 Å². The van der Waals surface area contributed by atoms with Crippen LogP contribution in [0.5, 0.6) is 5.75 Å². The number of methoxy groups -OCH3 is 1. The number of nitrogens with one attached hydrogen (secondary N) is 2. The van der Waals surface area contributed by atoms with E-state index in [1.807, 2.05) is 30.3 Å². The molecule has 0 heterocycles. The van der Waals surface area contributed by atoms with Gasteiger partial charge in [0.05, 0.1) is 12.0 Å². The zero-order chi connectivity index (χ0) is 28.2. The van der Waals surface area contributed by atoms with E-state index in [0.717, 1.165) is 61.6 Å². The van der Waals surface area contributed by atoms with Gasteiger partial charge in [0.25, 0.3) is 0 Å². The fraction of sp³-hybridized carbons (Fsp3) is 0.371. The molecule has 2 atom stereocenters. The normalized spacial score (nSPS) is 22.8. The lowest BCUT2D eigenvalue weighted by molar-refractivity contribution is 0.255. The largest absolute Gasteiger partial charge is 0.497 e. The third-order valence-corrected chi connectivity index (χ3v) is 10.6. The molecule has 214 valence electrons. The quantitative estimate of drug-likeness (QED) is 0.237. The van der Waals surface area contributed by atoms with Gasteiger partial charge in [0.2, 0.25) is 10.0 Å². The Morgan fingerprint density at radius 1 is 0.756 bits per heavy atom. The lowest BCUT2D eigenvalue weighted by Crippen LogP contribution is -2.42. The Labute approximate surface area is 244 Å². The Morgan fingerprint density at radius 2 is 1.46 bits per heavy atom. The van der Waals surface area contributed by atoms with Crippen LogP contribution in [0.1, 0.15) is 54.7 Å². The van der Waals surface area contributed by atoms with Gasteiger partial charge in [-0.3, -0.25) is 0 Å². The highest BCUT2D eigenvalue weighted by molar-refractivity contribution is 7.89. The summed E-state index contributed by atoms with van der Waals surface area (Å²) >= 11 is 0. The van der Waals surface area contributed by atoms with Crippen LogP contribution in [0.3, 0.4) is 0 Å². The summed E-state index contributed by atoms with van der Waals surface area (Å²) in [5.41, 5.74) is 4.16. The molecule has 2 aliphatic carbocycles. The Bertz CT molecular complexity index is 1580. The van der Waals surface area contributed by atoms with Gasteiger partial charge >= 0.3 is 0 Å². The molecule has 6 rings (SSSR count). The molecular formula is C35H40N2O3S. The van der Waals surface area contributed by atoms with Crippen LogP contribution in [0.15, 0.2) is 95.9 Å². The van der Waals surface area contributed by atoms with Gasteiger partial charge in [0.1, 0.15) is 5.75 Å². The van der Waals surface area contributed by atoms with Crippen LogP contribution >= 0.6 is 0 Å². The molecular weight excluding hydrogens is 528 g/mol. The minimum atomic E-state index is -3.52. The SMILES string of the molecule is COc1ccc2c(c1)CCC(NCC1CCC(CNS(=O)(=O)c3ccc4ccccc4c3)CC1)C2c1ccccc1. The van der Waals surface area contributed by atoms with Gasteiger partial charge in [-0.15, -0.1) is 0 Å². The number of hydrogen-bond acceptors (Lipinski definition) is 4. The molecule has 2 aliphatic rings. The van der Waals surface area contributed by atoms with Gasteiger partial charge in [-0.05, 0) is 109 Å². The molecule has 0 aliphatic heterocycles. The van der Waals surface area contributed by atoms with Crippen molar-refractivity contribution in [2.24, 2.45) is 11.8 Å². The molecule has 0 aromatic heterocycles. The highest BCUT2D eigenvalue weighted by atomic mass is 32.2. The van der Waals surface area contributed by atoms with E-state index in [-0.39, 0.29) is 0 Å². The highest BCUT2D eigenvalue weighted by Gasteiger charge is 2.32. The average molecular weight is 569 g/mol. The predicted molar refractivity (Wildman–Crippen MR) is 166 cm³/mol. The fourth-order valence-corrected chi connectivity index (χ4v) is 7.97. The van der Waals surface area contributed by atoms with E-state index in [1.165, 1.54) is 16.7 Å². The summed E-state index contributed by atoms with van der Waals surface area (Å²) in [6, 6.07) is 31.0. The van der Waals surface area contributed by atoms with Gasteiger partial charge in [-0.25, -0.2) is 13.1 Å². The summed E-state index contributed by atoms with van der Waals surface area (Å²) < 4.78 is 34.4. The summed E-state index contributed by atoms with van der Waals surface area (Å²) in [6.45, 7) is 1.52. The summed E-state index contributed by atoms with van der Waals surface area (Å²) in [5, 5.41) is 5.96. The van der Waals surface area contributed by atoms with E-state index in [9.17, 15) is 8.42 Å². The molecule has 2 N–H and O–H groups in total. The number of hydrogen-bond donors (Lipinski definition) is 2. The molecule has 0 saturated heterocycles. The first kappa shape index (κ1) is 28.0. The van der Waals surface area contributed by atoms with Gasteiger partial charge in [-0.2, -0.15) is 0 Å². The Balaban J connectivity index is 1.03. The van der Waals surface area contributed by atoms with Crippen molar-refractivity contribution in [2.45, 2.75) is 55.4 Å². The second-order valence-electron chi connectivity index (χ2n) is 11.8. The Morgan fingerprint density at radius 3 is 2.22 bits per heavy atom. The first-order valence-electron chi connectivity index (χ1n) is 14.9. The van der Waals surface area contributed by atoms with Crippen molar-refractivity contribution >= 4 is 20.8 Å². The molecule has 4 aromatic carbocycles. The van der Waals surface area contributed by atoms with Crippen molar-refractivity contribution in [1.29, 1.82) is 0 Å². The lowest BCUT2D eigenvalue weighted by atomic mass is 9.75. The molecule has 0 spiro atoms. The minimum absolute atomic E-state index is 0.326. The zero-order valence-corrected chi connectivity index (χ0v) is 24.6. The van der Waals surface area contributed by atoms with E-state index in [0.29, 0.717) is 35.2 Å². The van der Waals surface area contributed by atoms with Crippen molar-refractivity contribution < 1.29 is 13.2 Å². The fourth-order valence-electron chi connectivity index (χ4n) is 6.82. The topological polar surface area (TPSA) is 67.4 Å². The van der Waals surface area contributed by atoms with Crippen molar-refractivity contribution in [2.75, 3.05) is 20.2 Å². The van der Waals surface area contributed by atoms with Crippen molar-refractivity contribution in [3.63, 3.8) is 0 Å². The van der Waals surface area contributed by atoms with Crippen LogP contribution in [0.2, 0.25) is 0 Å². The first-order chi connectivity index (χ1) is 20.0. The smallest absolute Gasteiger partial charge is 0.240 e. The summed E-state index contributed by atoms with van der Waals surface area (Å²) in [4.78, 5) is 0.342. The molecule has 0 bridgehead atoms. The average Bonchev–Trinajstić information content (AvgIpc) is 3.03. The molecule has 0 amide bonds. The molecule has 41 heavy (non-hydrogen) atoms. The van der Waals surface area contributed by atoms with Crippen LogP contribution in [0, 0.1) is 11.8 Å². The Kier molecular flexibility index (Phi) is 8.42. The second-order valence-corrected chi connectivity index (χ2v) is 13.5. The number of aryl methyl sites for hydroxylation is 1. The van der Waals surface area contributed by atoms with Crippen LogP contribution in [0.25, 0.3) is 10.8 Å². The molecule has 1 saturated carbocycles. The predicted octanol–water partition coefficient (Wildman–Crippen LogP) is 6.67. The minimum Gasteiger partial charge on any atom is -0.497 e. The van der Waals surface area contributed by atoms with Gasteiger partial charge in [0.15, 0.2) is 0 Å². The maximum Gasteiger partial charge on any atom is 0.240 e. The van der Waals surface area contributed by atoms with Crippen LogP contribution in [0.4, 0.5) is 0 Å². The monoisotopic (exact) mass is 568 g/mol. The van der Waals surface area contributed by atoms with E-state index in [4.69, 9.17) is 4.74 Å². The van der Waals surface area contributed by atoms with Crippen molar-refractivity contribution in [3.05, 3.63) is 108 Å². The molecule has 6 heteroatoms. The van der Waals surface area contributed by atoms with Gasteiger partial charge in [0, 0.05) is 18.5 Å². The van der Waals surface area contributed by atoms with Crippen molar-refractivity contribution in [1.82, 2.24) is 10.0 Å². The second kappa shape index (κ2) is 12.4. The number of benzene rings is 4. The lowest BCUT2D eigenvalue weighted by Gasteiger charge is -2.37. The molecule has 5 nitrogen and oxygen atoms in total. The molecule has 4 aromatic rings. The van der Waals surface area contributed by atoms with E-state index in [2.05, 4.69) is 58.6 Å². The number of sulfonamides is 1. The zero-order valence-electron chi connectivity index (χ0n) is 23.8. The summed E-state index contributed by atoms with van der Waals surface area (Å²) in [6.07, 6.45) is 6.53. The maximum absolute atomic E-state index is 13.0. The number of rotatable bonds is 9. The van der Waals surface area contributed by atoms with E-state index in [1.54, 1.807) is 19.2 Å². The van der Waals surface area contributed by atoms with Gasteiger partial charge in [-0.1, -0.05) is 66.7 Å². The third kappa shape index (κ3) is 6.35. The molecule has 0 radical (unpaired) electrons. The first-order valence-corrected chi connectivity index (χ1v) is 16.4. The van der Waals surface area contributed by atoms with Crippen LogP contribution < -0.4 is 14.8 Å². The van der Waals surface area contributed by atoms with Crippen LogP contribution in [-0.2, 0) is 16.4 Å². The van der Waals surface area contributed by atoms with Gasteiger partial charge < -0.3 is 10.1 Å². The summed E-state index contributed by atoms with van der Waals surface area (Å²) in [7, 11) is -1.79. The van der Waals surface area contributed by atoms with Crippen LogP contribution in [-0.4, -0.2) is 34.7 Å². The van der Waals surface area contributed by atoms with E-state index >= 15 is 0 Å². The Hall–Kier alpha value is -3.19. The molecule has 2 unspecified atom stereocenters. The number of fused-ring (bicyclic) bond motifs is 2. The standard InChI is InChI=1S/C35H40N2O3S/c1-40-31-17-19-33-30(21-31)16-20-34(35(33)28-8-3-2-4-9-28)36-23-25-11-13-26(14-12-25)24-37-41(38,39)32-18-15-27-7-5-6-10-29(27)22-32/h2-10,15,17-19,21-22,25-26,34-37H,11-14,16,20,23-24H2,1H3. The maximum atomic E-state index is 13.0. The highest BCUT2D eigenvalue weighted by Crippen LogP contribution is 2.39.